The summed E-state index contributed by atoms with van der Waals surface area (Å²) < 4.78 is 4.20. The van der Waals surface area contributed by atoms with E-state index < -0.39 is 12.0 Å². The van der Waals surface area contributed by atoms with Gasteiger partial charge < -0.3 is 16.2 Å². The molecule has 0 fully saturated rings. The molecule has 0 aliphatic heterocycles. The molecule has 5 nitrogen and oxygen atoms in total. The second-order valence-corrected chi connectivity index (χ2v) is 1.21. The molecule has 0 spiro atoms. The Morgan fingerprint density at radius 3 is 1.73 bits per heavy atom. The SMILES string of the molecule is C=COC(=O)C=C.NC(N)=O. The van der Waals surface area contributed by atoms with Crippen LogP contribution < -0.4 is 11.5 Å². The number of hydrogen-bond acceptors (Lipinski definition) is 3. The minimum atomic E-state index is -0.833. The lowest BCUT2D eigenvalue weighted by Crippen LogP contribution is -2.18. The van der Waals surface area contributed by atoms with Crippen molar-refractivity contribution in [1.29, 1.82) is 0 Å². The van der Waals surface area contributed by atoms with Gasteiger partial charge in [-0.3, -0.25) is 0 Å². The van der Waals surface area contributed by atoms with Crippen LogP contribution in [0, 0.1) is 0 Å². The molecule has 11 heavy (non-hydrogen) atoms. The summed E-state index contributed by atoms with van der Waals surface area (Å²) in [6.07, 6.45) is 2.13. The van der Waals surface area contributed by atoms with Crippen molar-refractivity contribution in [2.45, 2.75) is 0 Å². The molecule has 0 unspecified atom stereocenters. The van der Waals surface area contributed by atoms with Gasteiger partial charge in [-0.15, -0.1) is 0 Å². The molecule has 0 heterocycles. The predicted molar refractivity (Wildman–Crippen MR) is 40.3 cm³/mol. The van der Waals surface area contributed by atoms with Crippen LogP contribution in [0.3, 0.4) is 0 Å². The number of rotatable bonds is 2. The molecule has 0 saturated heterocycles. The molecule has 2 amide bonds. The van der Waals surface area contributed by atoms with Crippen molar-refractivity contribution >= 4 is 12.0 Å². The number of hydrogen-bond donors (Lipinski definition) is 2. The highest BCUT2D eigenvalue weighted by molar-refractivity contribution is 5.81. The van der Waals surface area contributed by atoms with Crippen molar-refractivity contribution in [3.05, 3.63) is 25.5 Å². The highest BCUT2D eigenvalue weighted by atomic mass is 16.5. The fraction of sp³-hybridized carbons (Fsp3) is 0. The van der Waals surface area contributed by atoms with Crippen molar-refractivity contribution in [2.75, 3.05) is 0 Å². The minimum Gasteiger partial charge on any atom is -0.432 e. The molecule has 0 aromatic carbocycles. The molecule has 0 radical (unpaired) electrons. The highest BCUT2D eigenvalue weighted by Gasteiger charge is 1.84. The number of primary amides is 2. The summed E-state index contributed by atoms with van der Waals surface area (Å²) in [6, 6.07) is -0.833. The highest BCUT2D eigenvalue weighted by Crippen LogP contribution is 1.75. The third-order valence-corrected chi connectivity index (χ3v) is 0.366. The molecule has 0 aromatic heterocycles. The standard InChI is InChI=1S/C5H6O2.CH4N2O/c1-3-5(6)7-4-2;2-1(3)4/h3-4H,1-2H2;(H4,2,3,4). The van der Waals surface area contributed by atoms with Gasteiger partial charge in [-0.05, 0) is 0 Å². The zero-order valence-corrected chi connectivity index (χ0v) is 5.95. The number of ether oxygens (including phenoxy) is 1. The summed E-state index contributed by atoms with van der Waals surface area (Å²) in [5.41, 5.74) is 8.50. The third kappa shape index (κ3) is 30.7. The maximum atomic E-state index is 10.0. The van der Waals surface area contributed by atoms with Crippen LogP contribution in [0.5, 0.6) is 0 Å². The van der Waals surface area contributed by atoms with Crippen LogP contribution in [0.25, 0.3) is 0 Å². The smallest absolute Gasteiger partial charge is 0.334 e. The van der Waals surface area contributed by atoms with Crippen LogP contribution in [0.4, 0.5) is 4.79 Å². The number of carbonyl (C=O) groups is 2. The van der Waals surface area contributed by atoms with Gasteiger partial charge in [-0.2, -0.15) is 0 Å². The maximum absolute atomic E-state index is 10.0. The van der Waals surface area contributed by atoms with E-state index in [1.54, 1.807) is 0 Å². The second-order valence-electron chi connectivity index (χ2n) is 1.21. The van der Waals surface area contributed by atoms with E-state index in [9.17, 15) is 4.79 Å². The monoisotopic (exact) mass is 158 g/mol. The van der Waals surface area contributed by atoms with Crippen molar-refractivity contribution in [3.63, 3.8) is 0 Å². The number of esters is 1. The van der Waals surface area contributed by atoms with Crippen LogP contribution in [0.2, 0.25) is 0 Å². The Balaban J connectivity index is 0. The zero-order chi connectivity index (χ0) is 9.28. The molecule has 5 heteroatoms. The van der Waals surface area contributed by atoms with Crippen molar-refractivity contribution < 1.29 is 14.3 Å². The molecule has 0 saturated carbocycles. The van der Waals surface area contributed by atoms with Gasteiger partial charge in [0.05, 0.1) is 6.26 Å². The van der Waals surface area contributed by atoms with Gasteiger partial charge in [-0.25, -0.2) is 9.59 Å². The fourth-order valence-electron chi connectivity index (χ4n) is 0.130. The van der Waals surface area contributed by atoms with Crippen LogP contribution in [0.1, 0.15) is 0 Å². The fourth-order valence-corrected chi connectivity index (χ4v) is 0.130. The summed E-state index contributed by atoms with van der Waals surface area (Å²) in [6.45, 7) is 6.31. The molecule has 62 valence electrons. The predicted octanol–water partition coefficient (Wildman–Crippen LogP) is -0.117. The molecule has 0 aromatic rings. The number of nitrogens with two attached hydrogens (primary N) is 2. The van der Waals surface area contributed by atoms with E-state index in [4.69, 9.17) is 4.79 Å². The van der Waals surface area contributed by atoms with Gasteiger partial charge in [0.2, 0.25) is 0 Å². The summed E-state index contributed by atoms with van der Waals surface area (Å²) in [5, 5.41) is 0. The summed E-state index contributed by atoms with van der Waals surface area (Å²) >= 11 is 0. The first kappa shape index (κ1) is 12.0. The topological polar surface area (TPSA) is 95.4 Å². The zero-order valence-electron chi connectivity index (χ0n) is 5.95. The van der Waals surface area contributed by atoms with Crippen molar-refractivity contribution in [1.82, 2.24) is 0 Å². The lowest BCUT2D eigenvalue weighted by atomic mass is 10.7. The molecular formula is C6H10N2O3. The average Bonchev–Trinajstić information content (AvgIpc) is 1.87. The van der Waals surface area contributed by atoms with Gasteiger partial charge in [0.25, 0.3) is 0 Å². The van der Waals surface area contributed by atoms with E-state index in [2.05, 4.69) is 29.4 Å². The Morgan fingerprint density at radius 2 is 1.64 bits per heavy atom. The largest absolute Gasteiger partial charge is 0.432 e. The first-order valence-electron chi connectivity index (χ1n) is 2.53. The molecule has 0 rings (SSSR count). The maximum Gasteiger partial charge on any atom is 0.334 e. The summed E-state index contributed by atoms with van der Waals surface area (Å²) in [7, 11) is 0. The Kier molecular flexibility index (Phi) is 8.93. The normalized spacial score (nSPS) is 6.55. The first-order valence-corrected chi connectivity index (χ1v) is 2.53. The van der Waals surface area contributed by atoms with E-state index in [0.29, 0.717) is 0 Å². The van der Waals surface area contributed by atoms with Crippen molar-refractivity contribution in [2.24, 2.45) is 11.5 Å². The van der Waals surface area contributed by atoms with E-state index >= 15 is 0 Å². The molecule has 0 atom stereocenters. The Morgan fingerprint density at radius 1 is 1.27 bits per heavy atom. The summed E-state index contributed by atoms with van der Waals surface area (Å²) in [4.78, 5) is 19.0. The third-order valence-electron chi connectivity index (χ3n) is 0.366. The molecular weight excluding hydrogens is 148 g/mol. The van der Waals surface area contributed by atoms with E-state index in [-0.39, 0.29) is 0 Å². The van der Waals surface area contributed by atoms with Crippen LogP contribution >= 0.6 is 0 Å². The van der Waals surface area contributed by atoms with Gasteiger partial charge in [0.1, 0.15) is 0 Å². The Labute approximate surface area is 64.3 Å². The van der Waals surface area contributed by atoms with Gasteiger partial charge in [0.15, 0.2) is 0 Å². The second kappa shape index (κ2) is 8.22. The number of amides is 2. The van der Waals surface area contributed by atoms with Crippen LogP contribution in [-0.4, -0.2) is 12.0 Å². The summed E-state index contributed by atoms with van der Waals surface area (Å²) in [5.74, 6) is -0.477. The molecule has 0 aliphatic rings. The van der Waals surface area contributed by atoms with Crippen molar-refractivity contribution in [3.8, 4) is 0 Å². The lowest BCUT2D eigenvalue weighted by molar-refractivity contribution is -0.132. The van der Waals surface area contributed by atoms with Gasteiger partial charge >= 0.3 is 12.0 Å². The van der Waals surface area contributed by atoms with Gasteiger partial charge in [-0.1, -0.05) is 13.2 Å². The molecule has 0 bridgehead atoms. The van der Waals surface area contributed by atoms with Crippen LogP contribution in [0.15, 0.2) is 25.5 Å². The van der Waals surface area contributed by atoms with Gasteiger partial charge in [0, 0.05) is 6.08 Å². The first-order chi connectivity index (χ1) is 5.04. The Hall–Kier alpha value is -1.78. The van der Waals surface area contributed by atoms with E-state index in [1.807, 2.05) is 0 Å². The van der Waals surface area contributed by atoms with Crippen LogP contribution in [-0.2, 0) is 9.53 Å². The van der Waals surface area contributed by atoms with E-state index in [0.717, 1.165) is 12.3 Å². The average molecular weight is 158 g/mol. The number of carbonyl (C=O) groups excluding carboxylic acids is 2. The Bertz CT molecular complexity index is 161. The molecule has 4 N–H and O–H groups in total. The number of urea groups is 1. The van der Waals surface area contributed by atoms with E-state index in [1.165, 1.54) is 0 Å². The lowest BCUT2D eigenvalue weighted by Gasteiger charge is -1.85. The quantitative estimate of drug-likeness (QED) is 0.333. The minimum absolute atomic E-state index is 0.477. The molecule has 0 aliphatic carbocycles.